The highest BCUT2D eigenvalue weighted by molar-refractivity contribution is 8.06. The molecule has 0 saturated carbocycles. The molecule has 1 aromatic carbocycles. The Morgan fingerprint density at radius 3 is 2.90 bits per heavy atom. The molecule has 20 heavy (non-hydrogen) atoms. The first-order valence-corrected chi connectivity index (χ1v) is 9.22. The van der Waals surface area contributed by atoms with Crippen molar-refractivity contribution in [3.8, 4) is 5.75 Å². The maximum absolute atomic E-state index is 13.9. The van der Waals surface area contributed by atoms with E-state index in [2.05, 4.69) is 12.2 Å². The summed E-state index contributed by atoms with van der Waals surface area (Å²) in [6.07, 6.45) is 1.08. The van der Waals surface area contributed by atoms with Crippen molar-refractivity contribution in [1.82, 2.24) is 5.32 Å². The molecular formula is C15H22FNOS2. The molecule has 5 heteroatoms. The van der Waals surface area contributed by atoms with E-state index in [0.29, 0.717) is 11.0 Å². The SMILES string of the molecule is CCCNC(c1ccc(OC)c(F)c1)C1CSCCS1. The van der Waals surface area contributed by atoms with Gasteiger partial charge in [0.05, 0.1) is 7.11 Å². The normalized spacial score (nSPS) is 20.6. The number of methoxy groups -OCH3 is 1. The minimum absolute atomic E-state index is 0.216. The van der Waals surface area contributed by atoms with Crippen molar-refractivity contribution in [3.05, 3.63) is 29.6 Å². The fourth-order valence-electron chi connectivity index (χ4n) is 2.34. The average molecular weight is 315 g/mol. The minimum Gasteiger partial charge on any atom is -0.494 e. The Bertz CT molecular complexity index is 424. The monoisotopic (exact) mass is 315 g/mol. The van der Waals surface area contributed by atoms with Gasteiger partial charge in [0.25, 0.3) is 0 Å². The van der Waals surface area contributed by atoms with Crippen molar-refractivity contribution in [1.29, 1.82) is 0 Å². The number of thioether (sulfide) groups is 2. The highest BCUT2D eigenvalue weighted by Crippen LogP contribution is 2.34. The van der Waals surface area contributed by atoms with Gasteiger partial charge in [-0.15, -0.1) is 0 Å². The van der Waals surface area contributed by atoms with Crippen molar-refractivity contribution in [2.75, 3.05) is 30.9 Å². The van der Waals surface area contributed by atoms with Crippen LogP contribution in [-0.4, -0.2) is 36.2 Å². The highest BCUT2D eigenvalue weighted by Gasteiger charge is 2.26. The zero-order valence-corrected chi connectivity index (χ0v) is 13.7. The van der Waals surface area contributed by atoms with E-state index in [1.54, 1.807) is 12.1 Å². The summed E-state index contributed by atoms with van der Waals surface area (Å²) < 4.78 is 18.9. The molecule has 1 aromatic rings. The van der Waals surface area contributed by atoms with Gasteiger partial charge in [-0.05, 0) is 30.7 Å². The van der Waals surface area contributed by atoms with Crippen molar-refractivity contribution in [2.45, 2.75) is 24.6 Å². The summed E-state index contributed by atoms with van der Waals surface area (Å²) in [7, 11) is 1.50. The van der Waals surface area contributed by atoms with Crippen LogP contribution in [0.1, 0.15) is 24.9 Å². The highest BCUT2D eigenvalue weighted by atomic mass is 32.2. The van der Waals surface area contributed by atoms with Gasteiger partial charge in [-0.1, -0.05) is 13.0 Å². The molecule has 1 fully saturated rings. The summed E-state index contributed by atoms with van der Waals surface area (Å²) in [5.41, 5.74) is 1.02. The molecule has 0 amide bonds. The Balaban J connectivity index is 2.18. The third-order valence-electron chi connectivity index (χ3n) is 3.36. The zero-order chi connectivity index (χ0) is 14.4. The quantitative estimate of drug-likeness (QED) is 0.863. The Kier molecular flexibility index (Phi) is 6.52. The summed E-state index contributed by atoms with van der Waals surface area (Å²) >= 11 is 3.99. The van der Waals surface area contributed by atoms with Crippen LogP contribution < -0.4 is 10.1 Å². The van der Waals surface area contributed by atoms with Crippen molar-refractivity contribution in [3.63, 3.8) is 0 Å². The molecular weight excluding hydrogens is 293 g/mol. The van der Waals surface area contributed by atoms with E-state index in [1.807, 2.05) is 29.6 Å². The summed E-state index contributed by atoms with van der Waals surface area (Å²) in [4.78, 5) is 0. The van der Waals surface area contributed by atoms with E-state index in [0.717, 1.165) is 24.3 Å². The van der Waals surface area contributed by atoms with Crippen LogP contribution in [0.5, 0.6) is 5.75 Å². The van der Waals surface area contributed by atoms with Crippen LogP contribution in [-0.2, 0) is 0 Å². The molecule has 1 saturated heterocycles. The van der Waals surface area contributed by atoms with E-state index in [1.165, 1.54) is 18.6 Å². The van der Waals surface area contributed by atoms with E-state index in [4.69, 9.17) is 4.74 Å². The molecule has 2 nitrogen and oxygen atoms in total. The van der Waals surface area contributed by atoms with Gasteiger partial charge in [-0.2, -0.15) is 23.5 Å². The molecule has 112 valence electrons. The van der Waals surface area contributed by atoms with Gasteiger partial charge in [0.1, 0.15) is 0 Å². The van der Waals surface area contributed by atoms with Crippen molar-refractivity contribution in [2.24, 2.45) is 0 Å². The van der Waals surface area contributed by atoms with Crippen molar-refractivity contribution >= 4 is 23.5 Å². The van der Waals surface area contributed by atoms with E-state index in [-0.39, 0.29) is 11.9 Å². The van der Waals surface area contributed by atoms with Gasteiger partial charge in [0.2, 0.25) is 0 Å². The van der Waals surface area contributed by atoms with Crippen LogP contribution in [0.2, 0.25) is 0 Å². The molecule has 0 aliphatic carbocycles. The van der Waals surface area contributed by atoms with Gasteiger partial charge in [-0.3, -0.25) is 0 Å². The molecule has 0 bridgehead atoms. The second kappa shape index (κ2) is 8.15. The first-order valence-electron chi connectivity index (χ1n) is 7.02. The maximum Gasteiger partial charge on any atom is 0.165 e. The lowest BCUT2D eigenvalue weighted by Gasteiger charge is -2.31. The van der Waals surface area contributed by atoms with Crippen LogP contribution in [0.25, 0.3) is 0 Å². The summed E-state index contributed by atoms with van der Waals surface area (Å²) in [5, 5.41) is 4.09. The lowest BCUT2D eigenvalue weighted by molar-refractivity contribution is 0.385. The second-order valence-corrected chi connectivity index (χ2v) is 7.31. The summed E-state index contributed by atoms with van der Waals surface area (Å²) in [6, 6.07) is 5.54. The molecule has 2 rings (SSSR count). The largest absolute Gasteiger partial charge is 0.494 e. The number of hydrogen-bond acceptors (Lipinski definition) is 4. The molecule has 2 unspecified atom stereocenters. The molecule has 0 radical (unpaired) electrons. The van der Waals surface area contributed by atoms with E-state index in [9.17, 15) is 4.39 Å². The molecule has 1 aliphatic heterocycles. The van der Waals surface area contributed by atoms with Crippen LogP contribution in [0.4, 0.5) is 4.39 Å². The van der Waals surface area contributed by atoms with E-state index >= 15 is 0 Å². The number of rotatable bonds is 6. The number of halogens is 1. The molecule has 1 aliphatic rings. The zero-order valence-electron chi connectivity index (χ0n) is 12.0. The lowest BCUT2D eigenvalue weighted by atomic mass is 10.0. The van der Waals surface area contributed by atoms with Crippen LogP contribution in [0, 0.1) is 5.82 Å². The number of benzene rings is 1. The van der Waals surface area contributed by atoms with Crippen LogP contribution in [0.3, 0.4) is 0 Å². The number of nitrogens with one attached hydrogen (secondary N) is 1. The fraction of sp³-hybridized carbons (Fsp3) is 0.600. The maximum atomic E-state index is 13.9. The number of hydrogen-bond donors (Lipinski definition) is 1. The smallest absolute Gasteiger partial charge is 0.165 e. The third kappa shape index (κ3) is 4.06. The number of ether oxygens (including phenoxy) is 1. The molecule has 1 heterocycles. The van der Waals surface area contributed by atoms with Gasteiger partial charge < -0.3 is 10.1 Å². The Morgan fingerprint density at radius 2 is 2.30 bits per heavy atom. The predicted molar refractivity (Wildman–Crippen MR) is 87.6 cm³/mol. The fourth-order valence-corrected chi connectivity index (χ4v) is 5.21. The van der Waals surface area contributed by atoms with Crippen LogP contribution >= 0.6 is 23.5 Å². The van der Waals surface area contributed by atoms with Gasteiger partial charge >= 0.3 is 0 Å². The Morgan fingerprint density at radius 1 is 1.45 bits per heavy atom. The second-order valence-electron chi connectivity index (χ2n) is 4.81. The Hall–Kier alpha value is -0.390. The average Bonchev–Trinajstić information content (AvgIpc) is 2.49. The first kappa shape index (κ1) is 16.0. The first-order chi connectivity index (χ1) is 9.76. The van der Waals surface area contributed by atoms with Gasteiger partial charge in [-0.25, -0.2) is 4.39 Å². The summed E-state index contributed by atoms with van der Waals surface area (Å²) in [6.45, 7) is 3.11. The lowest BCUT2D eigenvalue weighted by Crippen LogP contribution is -2.34. The van der Waals surface area contributed by atoms with E-state index < -0.39 is 0 Å². The minimum atomic E-state index is -0.276. The standard InChI is InChI=1S/C15H22FNOS2/c1-3-6-17-15(14-10-19-7-8-20-14)11-4-5-13(18-2)12(16)9-11/h4-5,9,14-15,17H,3,6-8,10H2,1-2H3. The van der Waals surface area contributed by atoms with Gasteiger partial charge in [0, 0.05) is 28.6 Å². The molecule has 0 aromatic heterocycles. The van der Waals surface area contributed by atoms with Gasteiger partial charge in [0.15, 0.2) is 11.6 Å². The molecule has 0 spiro atoms. The van der Waals surface area contributed by atoms with Crippen molar-refractivity contribution < 1.29 is 9.13 Å². The topological polar surface area (TPSA) is 21.3 Å². The third-order valence-corrected chi connectivity index (χ3v) is 6.23. The predicted octanol–water partition coefficient (Wildman–Crippen LogP) is 3.72. The summed E-state index contributed by atoms with van der Waals surface area (Å²) in [5.74, 6) is 3.56. The van der Waals surface area contributed by atoms with Crippen LogP contribution in [0.15, 0.2) is 18.2 Å². The molecule has 2 atom stereocenters. The molecule has 1 N–H and O–H groups in total. The Labute approximate surface area is 129 Å².